The number of hydrogen-bond acceptors (Lipinski definition) is 6. The second-order valence-corrected chi connectivity index (χ2v) is 7.19. The molecule has 3 aromatic rings. The molecule has 32 heavy (non-hydrogen) atoms. The average molecular weight is 443 g/mol. The minimum absolute atomic E-state index is 0.339. The van der Waals surface area contributed by atoms with Crippen LogP contribution in [0.5, 0.6) is 0 Å². The van der Waals surface area contributed by atoms with E-state index in [4.69, 9.17) is 0 Å². The van der Waals surface area contributed by atoms with E-state index in [1.54, 1.807) is 6.07 Å². The van der Waals surface area contributed by atoms with Gasteiger partial charge in [-0.2, -0.15) is 0 Å². The molecule has 2 aromatic heterocycles. The van der Waals surface area contributed by atoms with Crippen molar-refractivity contribution in [1.29, 1.82) is 0 Å². The van der Waals surface area contributed by atoms with Crippen molar-refractivity contribution in [3.63, 3.8) is 0 Å². The van der Waals surface area contributed by atoms with Gasteiger partial charge in [-0.15, -0.1) is 10.2 Å². The number of nitrogens with one attached hydrogen (secondary N) is 2. The summed E-state index contributed by atoms with van der Waals surface area (Å²) >= 11 is 0. The molecule has 4 rings (SSSR count). The van der Waals surface area contributed by atoms with Crippen molar-refractivity contribution < 1.29 is 18.0 Å². The number of nitrogens with zero attached hydrogens (tertiary/aromatic N) is 5. The molecule has 0 spiro atoms. The first-order valence-corrected chi connectivity index (χ1v) is 9.89. The van der Waals surface area contributed by atoms with Gasteiger partial charge < -0.3 is 20.4 Å². The number of halogens is 3. The summed E-state index contributed by atoms with van der Waals surface area (Å²) in [6, 6.07) is 10.4. The predicted molar refractivity (Wildman–Crippen MR) is 113 cm³/mol. The van der Waals surface area contributed by atoms with Crippen LogP contribution in [0.2, 0.25) is 0 Å². The average Bonchev–Trinajstić information content (AvgIpc) is 2.80. The molecular formula is C21H20F3N7O. The monoisotopic (exact) mass is 443 g/mol. The number of carbonyl (C=O) groups excluding carboxylic acids is 1. The van der Waals surface area contributed by atoms with Gasteiger partial charge in [0.2, 0.25) is 0 Å². The zero-order chi connectivity index (χ0) is 22.7. The Morgan fingerprint density at radius 1 is 0.906 bits per heavy atom. The SMILES string of the molecule is Cc1cccc(Nc2ccc(N3CCN(C(=O)Nc4ccc(F)c(F)c4F)CC3)nn2)n1. The van der Waals surface area contributed by atoms with Crippen LogP contribution in [-0.4, -0.2) is 52.3 Å². The highest BCUT2D eigenvalue weighted by atomic mass is 19.2. The largest absolute Gasteiger partial charge is 0.352 e. The van der Waals surface area contributed by atoms with Crippen molar-refractivity contribution in [1.82, 2.24) is 20.1 Å². The van der Waals surface area contributed by atoms with Crippen molar-refractivity contribution in [3.05, 3.63) is 65.6 Å². The minimum atomic E-state index is -1.62. The second-order valence-electron chi connectivity index (χ2n) is 7.19. The van der Waals surface area contributed by atoms with E-state index in [0.717, 1.165) is 17.8 Å². The fraction of sp³-hybridized carbons (Fsp3) is 0.238. The Morgan fingerprint density at radius 3 is 2.38 bits per heavy atom. The van der Waals surface area contributed by atoms with Crippen LogP contribution in [0, 0.1) is 24.4 Å². The molecule has 8 nitrogen and oxygen atoms in total. The van der Waals surface area contributed by atoms with E-state index >= 15 is 0 Å². The van der Waals surface area contributed by atoms with Gasteiger partial charge in [-0.1, -0.05) is 6.07 Å². The number of aryl methyl sites for hydroxylation is 1. The van der Waals surface area contributed by atoms with Crippen molar-refractivity contribution in [3.8, 4) is 0 Å². The van der Waals surface area contributed by atoms with E-state index in [1.165, 1.54) is 4.90 Å². The Morgan fingerprint density at radius 2 is 1.69 bits per heavy atom. The van der Waals surface area contributed by atoms with Gasteiger partial charge in [-0.05, 0) is 43.3 Å². The Hall–Kier alpha value is -3.89. The minimum Gasteiger partial charge on any atom is -0.352 e. The standard InChI is InChI=1S/C21H20F3N7O/c1-13-3-2-4-16(25-13)27-17-7-8-18(29-28-17)30-9-11-31(12-10-30)21(32)26-15-6-5-14(22)19(23)20(15)24/h2-8H,9-12H2,1H3,(H,26,32)(H,25,27,28). The Labute approximate surface area is 182 Å². The Balaban J connectivity index is 1.32. The summed E-state index contributed by atoms with van der Waals surface area (Å²) in [5, 5.41) is 13.8. The maximum Gasteiger partial charge on any atom is 0.322 e. The zero-order valence-corrected chi connectivity index (χ0v) is 17.1. The third-order valence-electron chi connectivity index (χ3n) is 4.96. The molecule has 1 aliphatic heterocycles. The molecule has 1 aromatic carbocycles. The molecule has 1 aliphatic rings. The first-order chi connectivity index (χ1) is 15.4. The third kappa shape index (κ3) is 4.71. The van der Waals surface area contributed by atoms with Crippen LogP contribution in [0.3, 0.4) is 0 Å². The molecule has 0 atom stereocenters. The fourth-order valence-electron chi connectivity index (χ4n) is 3.26. The number of aromatic nitrogens is 3. The number of amides is 2. The van der Waals surface area contributed by atoms with Crippen LogP contribution < -0.4 is 15.5 Å². The quantitative estimate of drug-likeness (QED) is 0.598. The molecule has 1 fully saturated rings. The van der Waals surface area contributed by atoms with Gasteiger partial charge in [0.25, 0.3) is 0 Å². The van der Waals surface area contributed by atoms with Crippen LogP contribution in [0.1, 0.15) is 5.69 Å². The fourth-order valence-corrected chi connectivity index (χ4v) is 3.26. The highest BCUT2D eigenvalue weighted by molar-refractivity contribution is 5.89. The highest BCUT2D eigenvalue weighted by Crippen LogP contribution is 2.21. The van der Waals surface area contributed by atoms with Gasteiger partial charge in [0.15, 0.2) is 29.1 Å². The normalized spacial score (nSPS) is 13.8. The number of benzene rings is 1. The number of urea groups is 1. The van der Waals surface area contributed by atoms with Gasteiger partial charge in [0.1, 0.15) is 5.82 Å². The summed E-state index contributed by atoms with van der Waals surface area (Å²) in [7, 11) is 0. The van der Waals surface area contributed by atoms with Gasteiger partial charge in [-0.3, -0.25) is 0 Å². The lowest BCUT2D eigenvalue weighted by atomic mass is 10.2. The van der Waals surface area contributed by atoms with Crippen LogP contribution in [0.4, 0.5) is 41.1 Å². The van der Waals surface area contributed by atoms with Crippen molar-refractivity contribution in [2.24, 2.45) is 0 Å². The highest BCUT2D eigenvalue weighted by Gasteiger charge is 2.24. The van der Waals surface area contributed by atoms with E-state index in [2.05, 4.69) is 25.8 Å². The molecule has 0 unspecified atom stereocenters. The first-order valence-electron chi connectivity index (χ1n) is 9.89. The molecule has 2 N–H and O–H groups in total. The van der Waals surface area contributed by atoms with E-state index in [-0.39, 0.29) is 0 Å². The van der Waals surface area contributed by atoms with Crippen LogP contribution in [-0.2, 0) is 0 Å². The van der Waals surface area contributed by atoms with E-state index in [1.807, 2.05) is 36.1 Å². The molecule has 0 saturated carbocycles. The summed E-state index contributed by atoms with van der Waals surface area (Å²) in [6.07, 6.45) is 0. The molecule has 0 aliphatic carbocycles. The molecule has 3 heterocycles. The molecule has 0 bridgehead atoms. The van der Waals surface area contributed by atoms with Gasteiger partial charge in [-0.25, -0.2) is 22.9 Å². The summed E-state index contributed by atoms with van der Waals surface area (Å²) in [5.41, 5.74) is 0.474. The summed E-state index contributed by atoms with van der Waals surface area (Å²) in [5.74, 6) is -2.49. The molecule has 2 amide bonds. The van der Waals surface area contributed by atoms with Gasteiger partial charge >= 0.3 is 6.03 Å². The second kappa shape index (κ2) is 9.08. The number of pyridine rings is 1. The summed E-state index contributed by atoms with van der Waals surface area (Å²) in [6.45, 7) is 3.54. The maximum atomic E-state index is 13.8. The topological polar surface area (TPSA) is 86.3 Å². The number of hydrogen-bond donors (Lipinski definition) is 2. The lowest BCUT2D eigenvalue weighted by Crippen LogP contribution is -2.50. The molecule has 166 valence electrons. The van der Waals surface area contributed by atoms with Crippen molar-refractivity contribution in [2.45, 2.75) is 6.92 Å². The van der Waals surface area contributed by atoms with Crippen molar-refractivity contribution >= 4 is 29.2 Å². The van der Waals surface area contributed by atoms with Gasteiger partial charge in [0.05, 0.1) is 5.69 Å². The molecule has 11 heteroatoms. The number of rotatable bonds is 4. The van der Waals surface area contributed by atoms with Crippen LogP contribution in [0.15, 0.2) is 42.5 Å². The Kier molecular flexibility index (Phi) is 6.06. The van der Waals surface area contributed by atoms with Crippen LogP contribution in [0.25, 0.3) is 0 Å². The van der Waals surface area contributed by atoms with Gasteiger partial charge in [0, 0.05) is 31.9 Å². The summed E-state index contributed by atoms with van der Waals surface area (Å²) in [4.78, 5) is 20.2. The van der Waals surface area contributed by atoms with E-state index < -0.39 is 29.2 Å². The molecule has 1 saturated heterocycles. The lowest BCUT2D eigenvalue weighted by Gasteiger charge is -2.35. The number of piperazine rings is 1. The third-order valence-corrected chi connectivity index (χ3v) is 4.96. The lowest BCUT2D eigenvalue weighted by molar-refractivity contribution is 0.208. The van der Waals surface area contributed by atoms with E-state index in [9.17, 15) is 18.0 Å². The molecular weight excluding hydrogens is 423 g/mol. The van der Waals surface area contributed by atoms with Crippen LogP contribution >= 0.6 is 0 Å². The Bertz CT molecular complexity index is 1120. The maximum absolute atomic E-state index is 13.8. The number of carbonyl (C=O) groups is 1. The smallest absolute Gasteiger partial charge is 0.322 e. The molecule has 0 radical (unpaired) electrons. The summed E-state index contributed by atoms with van der Waals surface area (Å²) < 4.78 is 40.2. The predicted octanol–water partition coefficient (Wildman–Crippen LogP) is 3.70. The first kappa shape index (κ1) is 21.3. The van der Waals surface area contributed by atoms with E-state index in [0.29, 0.717) is 43.6 Å². The van der Waals surface area contributed by atoms with Crippen molar-refractivity contribution in [2.75, 3.05) is 41.7 Å². The zero-order valence-electron chi connectivity index (χ0n) is 17.1. The number of anilines is 4.